The maximum atomic E-state index is 12.3. The molecular weight excluding hydrogens is 440 g/mol. The van der Waals surface area contributed by atoms with Crippen molar-refractivity contribution < 1.29 is 24.9 Å². The number of aliphatic hydroxyl groups is 3. The van der Waals surface area contributed by atoms with Gasteiger partial charge in [-0.25, -0.2) is 0 Å². The average molecular weight is 493 g/mol. The molecule has 12 atom stereocenters. The van der Waals surface area contributed by atoms with E-state index in [1.165, 1.54) is 26.2 Å². The Labute approximate surface area is 213 Å². The van der Waals surface area contributed by atoms with Crippen molar-refractivity contribution in [2.45, 2.75) is 130 Å². The van der Waals surface area contributed by atoms with Gasteiger partial charge in [-0.1, -0.05) is 54.4 Å². The quantitative estimate of drug-likeness (QED) is 0.436. The fourth-order valence-electron chi connectivity index (χ4n) is 9.70. The van der Waals surface area contributed by atoms with Crippen molar-refractivity contribution in [1.82, 2.24) is 0 Å². The summed E-state index contributed by atoms with van der Waals surface area (Å²) in [6.45, 7) is 15.5. The molecular formula is C30H52O5. The highest BCUT2D eigenvalue weighted by Crippen LogP contribution is 2.69. The van der Waals surface area contributed by atoms with Crippen LogP contribution in [0.5, 0.6) is 0 Å². The number of fused-ring (bicyclic) bond motifs is 5. The van der Waals surface area contributed by atoms with Crippen molar-refractivity contribution in [1.29, 1.82) is 0 Å². The van der Waals surface area contributed by atoms with E-state index in [1.807, 2.05) is 0 Å². The number of aliphatic hydroxyl groups excluding tert-OH is 2. The molecule has 5 nitrogen and oxygen atoms in total. The normalized spacial score (nSPS) is 49.1. The van der Waals surface area contributed by atoms with E-state index in [9.17, 15) is 20.1 Å². The maximum Gasteiger partial charge on any atom is 0.302 e. The Morgan fingerprint density at radius 3 is 2.34 bits per heavy atom. The Morgan fingerprint density at radius 1 is 1.03 bits per heavy atom. The molecule has 5 heteroatoms. The minimum absolute atomic E-state index is 0.0143. The number of esters is 1. The van der Waals surface area contributed by atoms with Crippen molar-refractivity contribution in [2.24, 2.45) is 52.3 Å². The molecule has 0 radical (unpaired) electrons. The summed E-state index contributed by atoms with van der Waals surface area (Å²) in [6, 6.07) is 0. The molecule has 4 aliphatic rings. The molecule has 0 aliphatic heterocycles. The van der Waals surface area contributed by atoms with E-state index in [1.54, 1.807) is 0 Å². The number of hydrogen-bond donors (Lipinski definition) is 3. The van der Waals surface area contributed by atoms with Crippen molar-refractivity contribution in [2.75, 3.05) is 0 Å². The molecule has 4 rings (SSSR count). The van der Waals surface area contributed by atoms with Gasteiger partial charge in [-0.15, -0.1) is 0 Å². The van der Waals surface area contributed by atoms with Gasteiger partial charge < -0.3 is 20.1 Å². The van der Waals surface area contributed by atoms with Gasteiger partial charge in [0.15, 0.2) is 0 Å². The van der Waals surface area contributed by atoms with E-state index in [0.717, 1.165) is 18.8 Å². The molecule has 0 saturated heterocycles. The Hall–Kier alpha value is -0.650. The van der Waals surface area contributed by atoms with Crippen molar-refractivity contribution >= 4 is 5.97 Å². The van der Waals surface area contributed by atoms with Gasteiger partial charge in [0.05, 0.1) is 17.8 Å². The van der Waals surface area contributed by atoms with Crippen LogP contribution in [-0.2, 0) is 9.53 Å². The van der Waals surface area contributed by atoms with Crippen LogP contribution in [0.25, 0.3) is 0 Å². The van der Waals surface area contributed by atoms with Crippen LogP contribution < -0.4 is 0 Å². The minimum atomic E-state index is -1.34. The molecule has 0 bridgehead atoms. The maximum absolute atomic E-state index is 12.3. The van der Waals surface area contributed by atoms with E-state index in [0.29, 0.717) is 42.9 Å². The first-order valence-corrected chi connectivity index (χ1v) is 14.5. The molecule has 3 N–H and O–H groups in total. The van der Waals surface area contributed by atoms with Crippen LogP contribution in [0.15, 0.2) is 0 Å². The van der Waals surface area contributed by atoms with Crippen LogP contribution in [0.1, 0.15) is 106 Å². The summed E-state index contributed by atoms with van der Waals surface area (Å²) in [5.74, 6) is 3.09. The van der Waals surface area contributed by atoms with Gasteiger partial charge in [0.1, 0.15) is 6.10 Å². The van der Waals surface area contributed by atoms with Gasteiger partial charge in [-0.3, -0.25) is 4.79 Å². The highest BCUT2D eigenvalue weighted by molar-refractivity contribution is 5.66. The van der Waals surface area contributed by atoms with Gasteiger partial charge in [0.25, 0.3) is 0 Å². The van der Waals surface area contributed by atoms with Crippen molar-refractivity contribution in [3.05, 3.63) is 0 Å². The third kappa shape index (κ3) is 4.40. The zero-order valence-corrected chi connectivity index (χ0v) is 23.3. The smallest absolute Gasteiger partial charge is 0.302 e. The molecule has 3 unspecified atom stereocenters. The van der Waals surface area contributed by atoms with Gasteiger partial charge in [-0.05, 0) is 79.4 Å². The second-order valence-corrected chi connectivity index (χ2v) is 14.1. The third-order valence-corrected chi connectivity index (χ3v) is 12.0. The number of carbonyl (C=O) groups is 1. The van der Waals surface area contributed by atoms with Gasteiger partial charge in [0, 0.05) is 24.7 Å². The highest BCUT2D eigenvalue weighted by Gasteiger charge is 2.70. The standard InChI is InChI=1S/C30H52O5/c1-17(2)18(3)8-9-19(4)23-10-11-24-22-14-26(33)30(34)15-21(32)12-13-29(30,7)27(22)25(35-20(5)31)16-28(23,24)6/h17-19,21-27,32-34H,8-16H2,1-7H3/t18-,19+,21-,22?,23+,24?,25+,26+,27?,28+,29+,30-/m0/s1. The van der Waals surface area contributed by atoms with E-state index < -0.39 is 23.2 Å². The summed E-state index contributed by atoms with van der Waals surface area (Å²) in [7, 11) is 0. The van der Waals surface area contributed by atoms with Gasteiger partial charge in [-0.2, -0.15) is 0 Å². The molecule has 4 aliphatic carbocycles. The van der Waals surface area contributed by atoms with Gasteiger partial charge >= 0.3 is 5.97 Å². The summed E-state index contributed by atoms with van der Waals surface area (Å²) >= 11 is 0. The first-order chi connectivity index (χ1) is 16.2. The first kappa shape index (κ1) is 27.4. The van der Waals surface area contributed by atoms with E-state index in [2.05, 4.69) is 41.5 Å². The summed E-state index contributed by atoms with van der Waals surface area (Å²) < 4.78 is 6.12. The molecule has 4 fully saturated rings. The lowest BCUT2D eigenvalue weighted by molar-refractivity contribution is -0.284. The van der Waals surface area contributed by atoms with E-state index in [4.69, 9.17) is 4.74 Å². The molecule has 0 heterocycles. The summed E-state index contributed by atoms with van der Waals surface area (Å²) in [6.07, 6.45) is 6.00. The minimum Gasteiger partial charge on any atom is -0.462 e. The van der Waals surface area contributed by atoms with Crippen LogP contribution >= 0.6 is 0 Å². The fraction of sp³-hybridized carbons (Fsp3) is 0.967. The Bertz CT molecular complexity index is 783. The molecule has 0 aromatic heterocycles. The first-order valence-electron chi connectivity index (χ1n) is 14.5. The lowest BCUT2D eigenvalue weighted by Gasteiger charge is -2.66. The Balaban J connectivity index is 1.65. The fourth-order valence-corrected chi connectivity index (χ4v) is 9.70. The monoisotopic (exact) mass is 492 g/mol. The predicted octanol–water partition coefficient (Wildman–Crippen LogP) is 5.34. The molecule has 4 saturated carbocycles. The van der Waals surface area contributed by atoms with E-state index >= 15 is 0 Å². The second kappa shape index (κ2) is 9.58. The summed E-state index contributed by atoms with van der Waals surface area (Å²) in [4.78, 5) is 12.3. The molecule has 0 amide bonds. The summed E-state index contributed by atoms with van der Waals surface area (Å²) in [5.41, 5.74) is -1.84. The summed E-state index contributed by atoms with van der Waals surface area (Å²) in [5, 5.41) is 33.6. The molecule has 0 aromatic rings. The average Bonchev–Trinajstić information content (AvgIpc) is 3.10. The van der Waals surface area contributed by atoms with Crippen LogP contribution in [-0.4, -0.2) is 45.2 Å². The lowest BCUT2D eigenvalue weighted by Crippen LogP contribution is -2.71. The van der Waals surface area contributed by atoms with Crippen LogP contribution in [0.2, 0.25) is 0 Å². The number of hydrogen-bond acceptors (Lipinski definition) is 5. The second-order valence-electron chi connectivity index (χ2n) is 14.1. The van der Waals surface area contributed by atoms with Crippen molar-refractivity contribution in [3.63, 3.8) is 0 Å². The lowest BCUT2D eigenvalue weighted by atomic mass is 9.41. The number of carbonyl (C=O) groups excluding carboxylic acids is 1. The largest absolute Gasteiger partial charge is 0.462 e. The number of rotatable bonds is 6. The van der Waals surface area contributed by atoms with Crippen molar-refractivity contribution in [3.8, 4) is 0 Å². The number of ether oxygens (including phenoxy) is 1. The van der Waals surface area contributed by atoms with Crippen LogP contribution in [0.3, 0.4) is 0 Å². The van der Waals surface area contributed by atoms with Gasteiger partial charge in [0.2, 0.25) is 0 Å². The van der Waals surface area contributed by atoms with Crippen LogP contribution in [0.4, 0.5) is 0 Å². The molecule has 202 valence electrons. The molecule has 35 heavy (non-hydrogen) atoms. The zero-order valence-electron chi connectivity index (χ0n) is 23.3. The topological polar surface area (TPSA) is 87.0 Å². The predicted molar refractivity (Wildman–Crippen MR) is 137 cm³/mol. The molecule has 0 spiro atoms. The third-order valence-electron chi connectivity index (χ3n) is 12.0. The van der Waals surface area contributed by atoms with Crippen LogP contribution in [0, 0.1) is 52.3 Å². The highest BCUT2D eigenvalue weighted by atomic mass is 16.5. The Kier molecular flexibility index (Phi) is 7.50. The Morgan fingerprint density at radius 2 is 1.71 bits per heavy atom. The van der Waals surface area contributed by atoms with E-state index in [-0.39, 0.29) is 35.7 Å². The molecule has 0 aromatic carbocycles. The zero-order chi connectivity index (χ0) is 25.9. The SMILES string of the molecule is CC(=O)O[C@@H]1C[C@@]2(C)C(CC[C@@H]2[C@H](C)CC[C@H](C)C(C)C)C2C[C@@H](O)[C@@]3(O)C[C@@H](O)CC[C@]3(C)C21.